The average molecular weight is 370 g/mol. The van der Waals surface area contributed by atoms with Crippen LogP contribution in [-0.4, -0.2) is 16.0 Å². The van der Waals surface area contributed by atoms with Crippen molar-refractivity contribution in [1.82, 2.24) is 10.1 Å². The van der Waals surface area contributed by atoms with E-state index in [0.717, 1.165) is 14.4 Å². The van der Waals surface area contributed by atoms with Gasteiger partial charge in [-0.25, -0.2) is 4.98 Å². The van der Waals surface area contributed by atoms with E-state index in [1.54, 1.807) is 24.3 Å². The highest BCUT2D eigenvalue weighted by Crippen LogP contribution is 2.33. The van der Waals surface area contributed by atoms with Gasteiger partial charge in [-0.15, -0.1) is 22.7 Å². The van der Waals surface area contributed by atoms with Gasteiger partial charge in [-0.1, -0.05) is 5.16 Å². The minimum absolute atomic E-state index is 0.179. The van der Waals surface area contributed by atoms with Crippen molar-refractivity contribution >= 4 is 49.6 Å². The zero-order chi connectivity index (χ0) is 14.1. The molecule has 0 saturated carbocycles. The Morgan fingerprint density at radius 2 is 2.30 bits per heavy atom. The third kappa shape index (κ3) is 2.82. The van der Waals surface area contributed by atoms with Crippen LogP contribution in [-0.2, 0) is 0 Å². The van der Waals surface area contributed by atoms with E-state index in [-0.39, 0.29) is 11.7 Å². The summed E-state index contributed by atoms with van der Waals surface area (Å²) in [7, 11) is 0. The number of nitrogens with zero attached hydrogens (tertiary/aromatic N) is 2. The topological polar surface area (TPSA) is 68.0 Å². The van der Waals surface area contributed by atoms with Crippen LogP contribution in [0.25, 0.3) is 10.6 Å². The second kappa shape index (κ2) is 5.47. The monoisotopic (exact) mass is 369 g/mol. The molecular weight excluding hydrogens is 362 g/mol. The number of hydrogen-bond donors (Lipinski definition) is 1. The van der Waals surface area contributed by atoms with Crippen molar-refractivity contribution in [3.05, 3.63) is 38.8 Å². The van der Waals surface area contributed by atoms with Crippen molar-refractivity contribution in [2.75, 3.05) is 5.32 Å². The van der Waals surface area contributed by atoms with E-state index in [9.17, 15) is 4.79 Å². The maximum absolute atomic E-state index is 11.9. The van der Waals surface area contributed by atoms with Gasteiger partial charge in [0.25, 0.3) is 5.91 Å². The highest BCUT2D eigenvalue weighted by atomic mass is 79.9. The molecule has 0 radical (unpaired) electrons. The predicted molar refractivity (Wildman–Crippen MR) is 82.3 cm³/mol. The summed E-state index contributed by atoms with van der Waals surface area (Å²) in [6.45, 7) is 1.76. The van der Waals surface area contributed by atoms with E-state index in [1.165, 1.54) is 11.3 Å². The second-order valence-electron chi connectivity index (χ2n) is 3.93. The number of anilines is 1. The molecule has 0 spiro atoms. The first-order chi connectivity index (χ1) is 9.61. The van der Waals surface area contributed by atoms with Crippen LogP contribution in [0.5, 0.6) is 0 Å². The van der Waals surface area contributed by atoms with Gasteiger partial charge in [0.05, 0.1) is 20.1 Å². The summed E-state index contributed by atoms with van der Waals surface area (Å²) in [5, 5.41) is 8.81. The van der Waals surface area contributed by atoms with Crippen molar-refractivity contribution in [3.8, 4) is 10.6 Å². The minimum atomic E-state index is -0.348. The Morgan fingerprint density at radius 1 is 1.45 bits per heavy atom. The molecule has 0 unspecified atom stereocenters. The maximum atomic E-state index is 11.9. The highest BCUT2D eigenvalue weighted by Gasteiger charge is 2.14. The molecule has 102 valence electrons. The van der Waals surface area contributed by atoms with E-state index >= 15 is 0 Å². The molecule has 0 aliphatic carbocycles. The number of aryl methyl sites for hydroxylation is 1. The number of hydrogen-bond acceptors (Lipinski definition) is 6. The Bertz CT molecular complexity index is 762. The van der Waals surface area contributed by atoms with Crippen LogP contribution in [0.2, 0.25) is 0 Å². The van der Waals surface area contributed by atoms with Gasteiger partial charge in [0, 0.05) is 11.4 Å². The summed E-state index contributed by atoms with van der Waals surface area (Å²) in [5.74, 6) is -0.169. The second-order valence-corrected chi connectivity index (χ2v) is 7.25. The lowest BCUT2D eigenvalue weighted by Crippen LogP contribution is -2.10. The Kier molecular flexibility index (Phi) is 3.68. The van der Waals surface area contributed by atoms with Gasteiger partial charge >= 0.3 is 0 Å². The largest absolute Gasteiger partial charge is 0.351 e. The molecule has 5 nitrogen and oxygen atoms in total. The summed E-state index contributed by atoms with van der Waals surface area (Å²) in [5.41, 5.74) is 1.51. The van der Waals surface area contributed by atoms with E-state index < -0.39 is 0 Å². The summed E-state index contributed by atoms with van der Waals surface area (Å²) < 4.78 is 5.95. The van der Waals surface area contributed by atoms with E-state index in [0.29, 0.717) is 10.8 Å². The number of thiophene rings is 1. The highest BCUT2D eigenvalue weighted by molar-refractivity contribution is 9.11. The molecule has 8 heteroatoms. The van der Waals surface area contributed by atoms with Crippen LogP contribution in [0.4, 0.5) is 5.13 Å². The van der Waals surface area contributed by atoms with Crippen LogP contribution in [0.15, 0.2) is 31.9 Å². The first kappa shape index (κ1) is 13.5. The van der Waals surface area contributed by atoms with Crippen LogP contribution in [0.3, 0.4) is 0 Å². The molecule has 0 saturated heterocycles. The number of carbonyl (C=O) groups is 1. The number of rotatable bonds is 3. The van der Waals surface area contributed by atoms with Gasteiger partial charge in [0.1, 0.15) is 0 Å². The molecule has 3 heterocycles. The minimum Gasteiger partial charge on any atom is -0.351 e. The van der Waals surface area contributed by atoms with Gasteiger partial charge in [-0.2, -0.15) is 0 Å². The number of thiazole rings is 1. The van der Waals surface area contributed by atoms with E-state index in [1.807, 2.05) is 17.5 Å². The third-order valence-corrected chi connectivity index (χ3v) is 4.81. The lowest BCUT2D eigenvalue weighted by Gasteiger charge is -1.96. The molecule has 0 atom stereocenters. The van der Waals surface area contributed by atoms with Crippen molar-refractivity contribution < 1.29 is 9.32 Å². The first-order valence-electron chi connectivity index (χ1n) is 5.58. The van der Waals surface area contributed by atoms with Gasteiger partial charge in [-0.05, 0) is 35.0 Å². The normalized spacial score (nSPS) is 10.7. The lowest BCUT2D eigenvalue weighted by atomic mass is 10.4. The molecule has 0 aromatic carbocycles. The number of aromatic nitrogens is 2. The molecule has 3 aromatic rings. The molecule has 0 bridgehead atoms. The van der Waals surface area contributed by atoms with Gasteiger partial charge in [-0.3, -0.25) is 10.1 Å². The van der Waals surface area contributed by atoms with Gasteiger partial charge in [0.2, 0.25) is 5.76 Å². The maximum Gasteiger partial charge on any atom is 0.296 e. The molecule has 1 amide bonds. The van der Waals surface area contributed by atoms with Crippen molar-refractivity contribution in [2.24, 2.45) is 0 Å². The molecule has 3 aromatic heterocycles. The van der Waals surface area contributed by atoms with Crippen molar-refractivity contribution in [3.63, 3.8) is 0 Å². The SMILES string of the molecule is Cc1cc(C(=O)Nc2nc(-c3ccc(Br)s3)cs2)on1. The Morgan fingerprint density at radius 3 is 2.95 bits per heavy atom. The Labute approximate surface area is 130 Å². The Hall–Kier alpha value is -1.51. The first-order valence-corrected chi connectivity index (χ1v) is 8.06. The van der Waals surface area contributed by atoms with Crippen LogP contribution in [0, 0.1) is 6.92 Å². The summed E-state index contributed by atoms with van der Waals surface area (Å²) in [4.78, 5) is 17.3. The van der Waals surface area contributed by atoms with Gasteiger partial charge in [0.15, 0.2) is 5.13 Å². The standard InChI is InChI=1S/C12H8BrN3O2S2/c1-6-4-8(18-16-6)11(17)15-12-14-7(5-19-12)9-2-3-10(13)20-9/h2-5H,1H3,(H,14,15,17). The van der Waals surface area contributed by atoms with Crippen LogP contribution in [0.1, 0.15) is 16.2 Å². The zero-order valence-corrected chi connectivity index (χ0v) is 13.4. The summed E-state index contributed by atoms with van der Waals surface area (Å²) in [6.07, 6.45) is 0. The number of amides is 1. The fourth-order valence-electron chi connectivity index (χ4n) is 1.53. The predicted octanol–water partition coefficient (Wildman–Crippen LogP) is 4.18. The van der Waals surface area contributed by atoms with Crippen LogP contribution >= 0.6 is 38.6 Å². The zero-order valence-electron chi connectivity index (χ0n) is 10.2. The molecule has 0 fully saturated rings. The van der Waals surface area contributed by atoms with Crippen molar-refractivity contribution in [1.29, 1.82) is 0 Å². The number of halogens is 1. The third-order valence-electron chi connectivity index (χ3n) is 2.40. The van der Waals surface area contributed by atoms with Crippen LogP contribution < -0.4 is 5.32 Å². The van der Waals surface area contributed by atoms with E-state index in [2.05, 4.69) is 31.4 Å². The smallest absolute Gasteiger partial charge is 0.296 e. The molecule has 0 aliphatic rings. The molecule has 20 heavy (non-hydrogen) atoms. The van der Waals surface area contributed by atoms with Crippen molar-refractivity contribution in [2.45, 2.75) is 6.92 Å². The van der Waals surface area contributed by atoms with Gasteiger partial charge < -0.3 is 4.52 Å². The Balaban J connectivity index is 1.76. The fourth-order valence-corrected chi connectivity index (χ4v) is 3.65. The molecule has 0 aliphatic heterocycles. The summed E-state index contributed by atoms with van der Waals surface area (Å²) >= 11 is 6.38. The quantitative estimate of drug-likeness (QED) is 0.751. The molecular formula is C12H8BrN3O2S2. The summed E-state index contributed by atoms with van der Waals surface area (Å²) in [6, 6.07) is 5.53. The fraction of sp³-hybridized carbons (Fsp3) is 0.0833. The molecule has 1 N–H and O–H groups in total. The van der Waals surface area contributed by atoms with E-state index in [4.69, 9.17) is 4.52 Å². The average Bonchev–Trinajstić information content (AvgIpc) is 3.10. The molecule has 3 rings (SSSR count). The lowest BCUT2D eigenvalue weighted by molar-refractivity contribution is 0.0988. The number of carbonyl (C=O) groups excluding carboxylic acids is 1. The number of nitrogens with one attached hydrogen (secondary N) is 1.